The van der Waals surface area contributed by atoms with E-state index in [2.05, 4.69) is 5.16 Å². The van der Waals surface area contributed by atoms with Crippen LogP contribution in [-0.2, 0) is 6.61 Å². The van der Waals surface area contributed by atoms with Gasteiger partial charge in [-0.15, -0.1) is 0 Å². The molecular formula is C14H12ClFN2O2. The van der Waals surface area contributed by atoms with Crippen molar-refractivity contribution in [2.45, 2.75) is 6.61 Å². The van der Waals surface area contributed by atoms with Gasteiger partial charge in [-0.05, 0) is 24.3 Å². The fourth-order valence-corrected chi connectivity index (χ4v) is 1.81. The lowest BCUT2D eigenvalue weighted by molar-refractivity contribution is 0.297. The molecule has 0 heterocycles. The van der Waals surface area contributed by atoms with Crippen molar-refractivity contribution in [1.82, 2.24) is 0 Å². The predicted molar refractivity (Wildman–Crippen MR) is 74.7 cm³/mol. The minimum atomic E-state index is -0.446. The SMILES string of the molecule is N/C(=N/O)c1ccccc1OCc1ccc(Cl)cc1F. The second-order valence-electron chi connectivity index (χ2n) is 4.01. The first-order valence-corrected chi connectivity index (χ1v) is 6.13. The van der Waals surface area contributed by atoms with Gasteiger partial charge < -0.3 is 15.7 Å². The molecule has 0 saturated heterocycles. The average molecular weight is 295 g/mol. The van der Waals surface area contributed by atoms with E-state index in [1.54, 1.807) is 36.4 Å². The second-order valence-corrected chi connectivity index (χ2v) is 4.44. The lowest BCUT2D eigenvalue weighted by Gasteiger charge is -2.11. The molecule has 0 atom stereocenters. The Balaban J connectivity index is 2.19. The summed E-state index contributed by atoms with van der Waals surface area (Å²) >= 11 is 5.68. The van der Waals surface area contributed by atoms with Crippen molar-refractivity contribution in [3.8, 4) is 5.75 Å². The molecule has 4 nitrogen and oxygen atoms in total. The van der Waals surface area contributed by atoms with Gasteiger partial charge in [0.15, 0.2) is 5.84 Å². The van der Waals surface area contributed by atoms with Gasteiger partial charge in [0.25, 0.3) is 0 Å². The number of halogens is 2. The number of hydrogen-bond donors (Lipinski definition) is 2. The number of ether oxygens (including phenoxy) is 1. The van der Waals surface area contributed by atoms with Crippen LogP contribution in [0, 0.1) is 5.82 Å². The quantitative estimate of drug-likeness (QED) is 0.394. The van der Waals surface area contributed by atoms with Gasteiger partial charge in [0.05, 0.1) is 5.56 Å². The molecule has 3 N–H and O–H groups in total. The molecule has 104 valence electrons. The molecule has 0 bridgehead atoms. The third kappa shape index (κ3) is 3.19. The van der Waals surface area contributed by atoms with Crippen LogP contribution in [0.15, 0.2) is 47.6 Å². The molecule has 0 amide bonds. The summed E-state index contributed by atoms with van der Waals surface area (Å²) in [6.07, 6.45) is 0. The largest absolute Gasteiger partial charge is 0.488 e. The molecule has 6 heteroatoms. The van der Waals surface area contributed by atoms with E-state index < -0.39 is 5.82 Å². The van der Waals surface area contributed by atoms with Crippen LogP contribution < -0.4 is 10.5 Å². The highest BCUT2D eigenvalue weighted by molar-refractivity contribution is 6.30. The highest BCUT2D eigenvalue weighted by Crippen LogP contribution is 2.21. The Morgan fingerprint density at radius 2 is 2.05 bits per heavy atom. The molecule has 0 aromatic heterocycles. The van der Waals surface area contributed by atoms with Gasteiger partial charge in [-0.3, -0.25) is 0 Å². The Hall–Kier alpha value is -2.27. The third-order valence-corrected chi connectivity index (χ3v) is 2.90. The van der Waals surface area contributed by atoms with Crippen LogP contribution in [0.4, 0.5) is 4.39 Å². The smallest absolute Gasteiger partial charge is 0.173 e. The number of amidine groups is 1. The molecule has 2 aromatic carbocycles. The number of benzene rings is 2. The molecular weight excluding hydrogens is 283 g/mol. The molecule has 0 fully saturated rings. The zero-order chi connectivity index (χ0) is 14.5. The zero-order valence-electron chi connectivity index (χ0n) is 10.4. The molecule has 0 aliphatic heterocycles. The van der Waals surface area contributed by atoms with Crippen LogP contribution in [0.1, 0.15) is 11.1 Å². The van der Waals surface area contributed by atoms with Gasteiger partial charge >= 0.3 is 0 Å². The number of rotatable bonds is 4. The Bertz CT molecular complexity index is 647. The van der Waals surface area contributed by atoms with E-state index in [0.717, 1.165) is 0 Å². The molecule has 0 aliphatic carbocycles. The van der Waals surface area contributed by atoms with Crippen molar-refractivity contribution in [2.75, 3.05) is 0 Å². The first-order chi connectivity index (χ1) is 9.61. The average Bonchev–Trinajstić information content (AvgIpc) is 2.46. The Morgan fingerprint density at radius 3 is 2.75 bits per heavy atom. The molecule has 0 spiro atoms. The molecule has 0 saturated carbocycles. The maximum Gasteiger partial charge on any atom is 0.173 e. The van der Waals surface area contributed by atoms with Gasteiger partial charge in [0, 0.05) is 10.6 Å². The van der Waals surface area contributed by atoms with E-state index in [-0.39, 0.29) is 12.4 Å². The fourth-order valence-electron chi connectivity index (χ4n) is 1.65. The van der Waals surface area contributed by atoms with Crippen LogP contribution in [0.5, 0.6) is 5.75 Å². The summed E-state index contributed by atoms with van der Waals surface area (Å²) in [5.74, 6) is -0.117. The topological polar surface area (TPSA) is 67.8 Å². The van der Waals surface area contributed by atoms with Crippen LogP contribution in [0.25, 0.3) is 0 Å². The van der Waals surface area contributed by atoms with Crippen LogP contribution >= 0.6 is 11.6 Å². The summed E-state index contributed by atoms with van der Waals surface area (Å²) in [6, 6.07) is 11.1. The van der Waals surface area contributed by atoms with Gasteiger partial charge in [-0.1, -0.05) is 35.0 Å². The van der Waals surface area contributed by atoms with Crippen molar-refractivity contribution < 1.29 is 14.3 Å². The lowest BCUT2D eigenvalue weighted by atomic mass is 10.2. The molecule has 20 heavy (non-hydrogen) atoms. The van der Waals surface area contributed by atoms with E-state index >= 15 is 0 Å². The van der Waals surface area contributed by atoms with E-state index in [1.165, 1.54) is 6.07 Å². The minimum Gasteiger partial charge on any atom is -0.488 e. The molecule has 2 aromatic rings. The van der Waals surface area contributed by atoms with E-state index in [1.807, 2.05) is 0 Å². The van der Waals surface area contributed by atoms with E-state index in [9.17, 15) is 4.39 Å². The molecule has 2 rings (SSSR count). The standard InChI is InChI=1S/C14H12ClFN2O2/c15-10-6-5-9(12(16)7-10)8-20-13-4-2-1-3-11(13)14(17)18-19/h1-7,19H,8H2,(H2,17,18). The summed E-state index contributed by atoms with van der Waals surface area (Å²) in [7, 11) is 0. The van der Waals surface area contributed by atoms with Crippen molar-refractivity contribution in [2.24, 2.45) is 10.9 Å². The summed E-state index contributed by atoms with van der Waals surface area (Å²) in [5, 5.41) is 12.0. The normalized spacial score (nSPS) is 11.4. The van der Waals surface area contributed by atoms with Crippen molar-refractivity contribution in [3.05, 3.63) is 64.4 Å². The first-order valence-electron chi connectivity index (χ1n) is 5.75. The number of nitrogens with two attached hydrogens (primary N) is 1. The molecule has 0 unspecified atom stereocenters. The highest BCUT2D eigenvalue weighted by Gasteiger charge is 2.09. The fraction of sp³-hybridized carbons (Fsp3) is 0.0714. The lowest BCUT2D eigenvalue weighted by Crippen LogP contribution is -2.14. The van der Waals surface area contributed by atoms with E-state index in [4.69, 9.17) is 27.3 Å². The summed E-state index contributed by atoms with van der Waals surface area (Å²) in [5.41, 5.74) is 6.34. The van der Waals surface area contributed by atoms with Gasteiger partial charge in [-0.25, -0.2) is 4.39 Å². The minimum absolute atomic E-state index is 0.0126. The monoisotopic (exact) mass is 294 g/mol. The Kier molecular flexibility index (Phi) is 4.42. The Morgan fingerprint density at radius 1 is 1.30 bits per heavy atom. The first kappa shape index (κ1) is 14.1. The summed E-state index contributed by atoms with van der Waals surface area (Å²) < 4.78 is 19.1. The van der Waals surface area contributed by atoms with Crippen LogP contribution in [0.2, 0.25) is 5.02 Å². The molecule has 0 radical (unpaired) electrons. The van der Waals surface area contributed by atoms with Crippen LogP contribution in [0.3, 0.4) is 0 Å². The summed E-state index contributed by atoms with van der Waals surface area (Å²) in [4.78, 5) is 0. The van der Waals surface area contributed by atoms with Gasteiger partial charge in [-0.2, -0.15) is 0 Å². The molecule has 0 aliphatic rings. The highest BCUT2D eigenvalue weighted by atomic mass is 35.5. The van der Waals surface area contributed by atoms with Crippen molar-refractivity contribution in [3.63, 3.8) is 0 Å². The maximum atomic E-state index is 13.6. The van der Waals surface area contributed by atoms with E-state index in [0.29, 0.717) is 21.9 Å². The van der Waals surface area contributed by atoms with Crippen molar-refractivity contribution in [1.29, 1.82) is 0 Å². The zero-order valence-corrected chi connectivity index (χ0v) is 11.1. The Labute approximate surface area is 120 Å². The number of para-hydroxylation sites is 1. The van der Waals surface area contributed by atoms with Gasteiger partial charge in [0.1, 0.15) is 18.2 Å². The second kappa shape index (κ2) is 6.25. The predicted octanol–water partition coefficient (Wildman–Crippen LogP) is 3.15. The maximum absolute atomic E-state index is 13.6. The van der Waals surface area contributed by atoms with Crippen molar-refractivity contribution >= 4 is 17.4 Å². The summed E-state index contributed by atoms with van der Waals surface area (Å²) in [6.45, 7) is 0.0126. The third-order valence-electron chi connectivity index (χ3n) is 2.67. The van der Waals surface area contributed by atoms with Gasteiger partial charge in [0.2, 0.25) is 0 Å². The van der Waals surface area contributed by atoms with Crippen LogP contribution in [-0.4, -0.2) is 11.0 Å². The number of nitrogens with zero attached hydrogens (tertiary/aromatic N) is 1. The number of oxime groups is 1. The number of hydrogen-bond acceptors (Lipinski definition) is 3.